The van der Waals surface area contributed by atoms with Crippen LogP contribution in [0.2, 0.25) is 0 Å². The van der Waals surface area contributed by atoms with Crippen molar-refractivity contribution in [2.75, 3.05) is 20.1 Å². The van der Waals surface area contributed by atoms with E-state index >= 15 is 0 Å². The Morgan fingerprint density at radius 2 is 2.00 bits per heavy atom. The van der Waals surface area contributed by atoms with Crippen LogP contribution in [0.15, 0.2) is 62.1 Å². The van der Waals surface area contributed by atoms with Gasteiger partial charge in [0.1, 0.15) is 5.76 Å². The van der Waals surface area contributed by atoms with Crippen molar-refractivity contribution >= 4 is 0 Å². The molecule has 0 aromatic carbocycles. The summed E-state index contributed by atoms with van der Waals surface area (Å²) in [4.78, 5) is 2.10. The van der Waals surface area contributed by atoms with Crippen molar-refractivity contribution in [2.24, 2.45) is 5.73 Å². The number of aliphatic hydroxyl groups excluding tert-OH is 1. The van der Waals surface area contributed by atoms with Crippen LogP contribution in [0.5, 0.6) is 0 Å². The average Bonchev–Trinajstić information content (AvgIpc) is 2.77. The van der Waals surface area contributed by atoms with E-state index < -0.39 is 0 Å². The van der Waals surface area contributed by atoms with Gasteiger partial charge in [-0.1, -0.05) is 39.2 Å². The molecule has 1 aliphatic rings. The standard InChI is InChI=1S/C6H9N.C5H9NO.C2H6.C2H4/c1-6-4-3-5-7(6)2;1-5(7)3-2-4-6;2*1-2/h3-4H,1,5H2,2H3;2-3,7H,1,4,6H2;1-2H3;1-2H2/b;3-2-;;. The van der Waals surface area contributed by atoms with Crippen molar-refractivity contribution in [3.63, 3.8) is 0 Å². The number of nitrogens with zero attached hydrogens (tertiary/aromatic N) is 1. The lowest BCUT2D eigenvalue weighted by Crippen LogP contribution is -2.09. The first-order valence-electron chi connectivity index (χ1n) is 5.89. The molecule has 0 unspecified atom stereocenters. The maximum atomic E-state index is 8.35. The minimum absolute atomic E-state index is 0.0467. The highest BCUT2D eigenvalue weighted by atomic mass is 16.3. The molecule has 0 bridgehead atoms. The van der Waals surface area contributed by atoms with Crippen LogP contribution >= 0.6 is 0 Å². The van der Waals surface area contributed by atoms with Gasteiger partial charge in [-0.25, -0.2) is 0 Å². The summed E-state index contributed by atoms with van der Waals surface area (Å²) in [5.41, 5.74) is 6.15. The van der Waals surface area contributed by atoms with E-state index in [2.05, 4.69) is 37.3 Å². The molecule has 0 fully saturated rings. The van der Waals surface area contributed by atoms with Crippen LogP contribution in [0.3, 0.4) is 0 Å². The topological polar surface area (TPSA) is 49.5 Å². The number of rotatable bonds is 2. The second-order valence-electron chi connectivity index (χ2n) is 2.90. The minimum atomic E-state index is 0.0467. The van der Waals surface area contributed by atoms with E-state index in [9.17, 15) is 0 Å². The Hall–Kier alpha value is -1.74. The van der Waals surface area contributed by atoms with Gasteiger partial charge in [0.05, 0.1) is 0 Å². The van der Waals surface area contributed by atoms with Gasteiger partial charge in [0, 0.05) is 25.8 Å². The van der Waals surface area contributed by atoms with Crippen LogP contribution < -0.4 is 5.73 Å². The predicted octanol–water partition coefficient (Wildman–Crippen LogP) is 3.40. The van der Waals surface area contributed by atoms with E-state index in [1.54, 1.807) is 6.08 Å². The SMILES string of the molecule is C=C.C=C(O)/C=C\CN.C=C1C=CCN1C.CC. The van der Waals surface area contributed by atoms with Gasteiger partial charge in [-0.15, -0.1) is 13.2 Å². The summed E-state index contributed by atoms with van der Waals surface area (Å²) in [6.45, 7) is 18.5. The molecule has 0 amide bonds. The number of likely N-dealkylation sites (N-methyl/N-ethyl adjacent to an activating group) is 1. The quantitative estimate of drug-likeness (QED) is 0.450. The van der Waals surface area contributed by atoms with Crippen molar-refractivity contribution in [3.05, 3.63) is 62.1 Å². The van der Waals surface area contributed by atoms with Crippen molar-refractivity contribution in [1.29, 1.82) is 0 Å². The van der Waals surface area contributed by atoms with Gasteiger partial charge in [0.2, 0.25) is 0 Å². The third kappa shape index (κ3) is 16.7. The number of aliphatic hydroxyl groups is 1. The van der Waals surface area contributed by atoms with E-state index in [0.29, 0.717) is 6.54 Å². The Kier molecular flexibility index (Phi) is 21.1. The number of allylic oxidation sites excluding steroid dienone is 2. The van der Waals surface area contributed by atoms with E-state index in [4.69, 9.17) is 10.8 Å². The Morgan fingerprint density at radius 1 is 1.50 bits per heavy atom. The summed E-state index contributed by atoms with van der Waals surface area (Å²) in [5.74, 6) is 0.0467. The van der Waals surface area contributed by atoms with Gasteiger partial charge >= 0.3 is 0 Å². The zero-order valence-corrected chi connectivity index (χ0v) is 12.0. The molecule has 3 heteroatoms. The summed E-state index contributed by atoms with van der Waals surface area (Å²) in [7, 11) is 2.03. The van der Waals surface area contributed by atoms with Crippen LogP contribution in [0.4, 0.5) is 0 Å². The summed E-state index contributed by atoms with van der Waals surface area (Å²) in [6, 6.07) is 0. The van der Waals surface area contributed by atoms with Crippen LogP contribution in [0.1, 0.15) is 13.8 Å². The first-order valence-corrected chi connectivity index (χ1v) is 5.89. The molecular weight excluding hydrogens is 224 g/mol. The van der Waals surface area contributed by atoms with Gasteiger partial charge < -0.3 is 15.7 Å². The van der Waals surface area contributed by atoms with Crippen LogP contribution in [-0.2, 0) is 0 Å². The van der Waals surface area contributed by atoms with E-state index in [1.807, 2.05) is 27.0 Å². The lowest BCUT2D eigenvalue weighted by Gasteiger charge is -2.09. The van der Waals surface area contributed by atoms with E-state index in [1.165, 1.54) is 6.08 Å². The maximum Gasteiger partial charge on any atom is 0.108 e. The first kappa shape index (κ1) is 21.5. The summed E-state index contributed by atoms with van der Waals surface area (Å²) >= 11 is 0. The van der Waals surface area contributed by atoms with Gasteiger partial charge in [-0.2, -0.15) is 0 Å². The molecule has 18 heavy (non-hydrogen) atoms. The molecule has 0 atom stereocenters. The van der Waals surface area contributed by atoms with Gasteiger partial charge in [0.25, 0.3) is 0 Å². The molecule has 0 aromatic rings. The molecule has 3 N–H and O–H groups in total. The van der Waals surface area contributed by atoms with Crippen molar-refractivity contribution in [3.8, 4) is 0 Å². The Labute approximate surface area is 112 Å². The monoisotopic (exact) mass is 252 g/mol. The zero-order valence-electron chi connectivity index (χ0n) is 12.0. The van der Waals surface area contributed by atoms with Crippen molar-refractivity contribution in [1.82, 2.24) is 4.90 Å². The largest absolute Gasteiger partial charge is 0.509 e. The third-order valence-electron chi connectivity index (χ3n) is 1.63. The van der Waals surface area contributed by atoms with Gasteiger partial charge in [-0.05, 0) is 12.2 Å². The molecule has 0 saturated heterocycles. The van der Waals surface area contributed by atoms with Gasteiger partial charge in [0.15, 0.2) is 0 Å². The molecule has 104 valence electrons. The van der Waals surface area contributed by atoms with Crippen molar-refractivity contribution < 1.29 is 5.11 Å². The Bertz CT molecular complexity index is 268. The second-order valence-corrected chi connectivity index (χ2v) is 2.90. The van der Waals surface area contributed by atoms with E-state index in [-0.39, 0.29) is 5.76 Å². The lowest BCUT2D eigenvalue weighted by atomic mass is 10.4. The zero-order chi connectivity index (χ0) is 15.0. The predicted molar refractivity (Wildman–Crippen MR) is 83.5 cm³/mol. The molecule has 0 spiro atoms. The Balaban J connectivity index is -0.000000196. The fourth-order valence-electron chi connectivity index (χ4n) is 0.795. The first-order chi connectivity index (χ1) is 8.57. The normalized spacial score (nSPS) is 11.8. The lowest BCUT2D eigenvalue weighted by molar-refractivity contribution is 0.435. The average molecular weight is 252 g/mol. The molecule has 0 saturated carbocycles. The second kappa shape index (κ2) is 17.6. The molecule has 0 aliphatic carbocycles. The Morgan fingerprint density at radius 3 is 2.11 bits per heavy atom. The van der Waals surface area contributed by atoms with Crippen LogP contribution in [0, 0.1) is 0 Å². The number of nitrogens with two attached hydrogens (primary N) is 1. The molecule has 1 aliphatic heterocycles. The minimum Gasteiger partial charge on any atom is -0.509 e. The summed E-state index contributed by atoms with van der Waals surface area (Å²) in [5, 5.41) is 8.35. The fraction of sp³-hybridized carbons (Fsp3) is 0.333. The smallest absolute Gasteiger partial charge is 0.108 e. The summed E-state index contributed by atoms with van der Waals surface area (Å²) in [6.07, 6.45) is 7.21. The highest BCUT2D eigenvalue weighted by Crippen LogP contribution is 2.05. The third-order valence-corrected chi connectivity index (χ3v) is 1.63. The molecule has 3 nitrogen and oxygen atoms in total. The fourth-order valence-corrected chi connectivity index (χ4v) is 0.795. The molecule has 1 rings (SSSR count). The molecule has 0 aromatic heterocycles. The highest BCUT2D eigenvalue weighted by molar-refractivity contribution is 5.19. The van der Waals surface area contributed by atoms with Crippen LogP contribution in [0.25, 0.3) is 0 Å². The van der Waals surface area contributed by atoms with Crippen LogP contribution in [-0.4, -0.2) is 30.1 Å². The maximum absolute atomic E-state index is 8.35. The summed E-state index contributed by atoms with van der Waals surface area (Å²) < 4.78 is 0. The molecule has 1 heterocycles. The molecular formula is C15H28N2O. The van der Waals surface area contributed by atoms with Crippen molar-refractivity contribution in [2.45, 2.75) is 13.8 Å². The highest BCUT2D eigenvalue weighted by Gasteiger charge is 1.99. The van der Waals surface area contributed by atoms with Gasteiger partial charge in [-0.3, -0.25) is 0 Å². The molecule has 0 radical (unpaired) electrons. The number of hydrogen-bond donors (Lipinski definition) is 2. The van der Waals surface area contributed by atoms with E-state index in [0.717, 1.165) is 12.2 Å². The number of hydrogen-bond acceptors (Lipinski definition) is 3.